The van der Waals surface area contributed by atoms with Gasteiger partial charge < -0.3 is 10.6 Å². The molecule has 2 aromatic rings. The third kappa shape index (κ3) is 5.89. The van der Waals surface area contributed by atoms with Crippen LogP contribution in [0.5, 0.6) is 0 Å². The molecule has 0 aliphatic rings. The highest BCUT2D eigenvalue weighted by Crippen LogP contribution is 2.23. The minimum atomic E-state index is -0.325. The number of hydrogen-bond acceptors (Lipinski definition) is 2. The lowest BCUT2D eigenvalue weighted by Gasteiger charge is -2.20. The molecule has 2 N–H and O–H groups in total. The summed E-state index contributed by atoms with van der Waals surface area (Å²) >= 11 is 0. The molecule has 2 aromatic carbocycles. The van der Waals surface area contributed by atoms with Gasteiger partial charge in [-0.2, -0.15) is 0 Å². The van der Waals surface area contributed by atoms with Crippen LogP contribution in [0.4, 0.5) is 10.1 Å². The van der Waals surface area contributed by atoms with E-state index in [1.54, 1.807) is 12.1 Å². The Balaban J connectivity index is 1.80. The van der Waals surface area contributed by atoms with Gasteiger partial charge in [-0.05, 0) is 54.2 Å². The van der Waals surface area contributed by atoms with Crippen molar-refractivity contribution in [2.75, 3.05) is 11.9 Å². The highest BCUT2D eigenvalue weighted by atomic mass is 19.1. The number of rotatable bonds is 6. The highest BCUT2D eigenvalue weighted by molar-refractivity contribution is 5.84. The summed E-state index contributed by atoms with van der Waals surface area (Å²) in [6, 6.07) is 14.2. The van der Waals surface area contributed by atoms with Crippen LogP contribution in [0.15, 0.2) is 48.5 Å². The van der Waals surface area contributed by atoms with Crippen molar-refractivity contribution < 1.29 is 9.18 Å². The lowest BCUT2D eigenvalue weighted by molar-refractivity contribution is -0.121. The molecule has 2 rings (SSSR count). The summed E-state index contributed by atoms with van der Waals surface area (Å²) in [5.41, 5.74) is 3.30. The van der Waals surface area contributed by atoms with Gasteiger partial charge in [0.1, 0.15) is 11.9 Å². The Labute approximate surface area is 149 Å². The topological polar surface area (TPSA) is 41.1 Å². The molecule has 4 heteroatoms. The standard InChI is InChI=1S/C21H27FN2O/c1-15(24-19-11-7-17(8-12-19)21(2,3)4)20(25)23-14-13-16-5-9-18(22)10-6-16/h5-12,15,24H,13-14H2,1-4H3,(H,23,25). The fourth-order valence-corrected chi connectivity index (χ4v) is 2.52. The Morgan fingerprint density at radius 2 is 1.64 bits per heavy atom. The van der Waals surface area contributed by atoms with E-state index in [0.29, 0.717) is 13.0 Å². The Morgan fingerprint density at radius 3 is 2.20 bits per heavy atom. The monoisotopic (exact) mass is 342 g/mol. The van der Waals surface area contributed by atoms with Gasteiger partial charge in [-0.3, -0.25) is 4.79 Å². The first-order valence-corrected chi connectivity index (χ1v) is 8.65. The average Bonchev–Trinajstić information content (AvgIpc) is 2.56. The van der Waals surface area contributed by atoms with Crippen LogP contribution in [-0.2, 0) is 16.6 Å². The van der Waals surface area contributed by atoms with Crippen molar-refractivity contribution in [1.29, 1.82) is 0 Å². The fraction of sp³-hybridized carbons (Fsp3) is 0.381. The van der Waals surface area contributed by atoms with Crippen LogP contribution in [-0.4, -0.2) is 18.5 Å². The van der Waals surface area contributed by atoms with E-state index in [1.807, 2.05) is 19.1 Å². The van der Waals surface area contributed by atoms with Gasteiger partial charge in [0, 0.05) is 12.2 Å². The summed E-state index contributed by atoms with van der Waals surface area (Å²) in [4.78, 5) is 12.2. The first-order chi connectivity index (χ1) is 11.8. The third-order valence-corrected chi connectivity index (χ3v) is 4.15. The van der Waals surface area contributed by atoms with Gasteiger partial charge in [-0.25, -0.2) is 4.39 Å². The number of nitrogens with one attached hydrogen (secondary N) is 2. The molecule has 134 valence electrons. The molecule has 0 aromatic heterocycles. The van der Waals surface area contributed by atoms with E-state index in [0.717, 1.165) is 11.3 Å². The van der Waals surface area contributed by atoms with E-state index in [4.69, 9.17) is 0 Å². The van der Waals surface area contributed by atoms with Crippen molar-refractivity contribution in [1.82, 2.24) is 5.32 Å². The second-order valence-corrected chi connectivity index (χ2v) is 7.36. The van der Waals surface area contributed by atoms with E-state index in [-0.39, 0.29) is 23.2 Å². The Kier molecular flexibility index (Phi) is 6.18. The van der Waals surface area contributed by atoms with E-state index >= 15 is 0 Å². The largest absolute Gasteiger partial charge is 0.374 e. The zero-order valence-corrected chi connectivity index (χ0v) is 15.4. The fourth-order valence-electron chi connectivity index (χ4n) is 2.52. The molecule has 25 heavy (non-hydrogen) atoms. The molecule has 1 unspecified atom stereocenters. The third-order valence-electron chi connectivity index (χ3n) is 4.15. The van der Waals surface area contributed by atoms with Crippen molar-refractivity contribution in [3.63, 3.8) is 0 Å². The normalized spacial score (nSPS) is 12.5. The Morgan fingerprint density at radius 1 is 1.04 bits per heavy atom. The van der Waals surface area contributed by atoms with Crippen LogP contribution in [0.2, 0.25) is 0 Å². The SMILES string of the molecule is CC(Nc1ccc(C(C)(C)C)cc1)C(=O)NCCc1ccc(F)cc1. The smallest absolute Gasteiger partial charge is 0.242 e. The zero-order chi connectivity index (χ0) is 18.4. The Bertz CT molecular complexity index is 687. The summed E-state index contributed by atoms with van der Waals surface area (Å²) < 4.78 is 12.9. The predicted octanol–water partition coefficient (Wildman–Crippen LogP) is 4.28. The number of hydrogen-bond donors (Lipinski definition) is 2. The summed E-state index contributed by atoms with van der Waals surface area (Å²) in [5.74, 6) is -0.301. The molecule has 3 nitrogen and oxygen atoms in total. The molecule has 1 amide bonds. The Hall–Kier alpha value is -2.36. The van der Waals surface area contributed by atoms with E-state index < -0.39 is 0 Å². The van der Waals surface area contributed by atoms with Crippen LogP contribution in [0.3, 0.4) is 0 Å². The molecule has 0 aliphatic carbocycles. The first-order valence-electron chi connectivity index (χ1n) is 8.65. The number of carbonyl (C=O) groups excluding carboxylic acids is 1. The first kappa shape index (κ1) is 19.0. The van der Waals surface area contributed by atoms with Crippen molar-refractivity contribution >= 4 is 11.6 Å². The molecule has 0 aliphatic heterocycles. The van der Waals surface area contributed by atoms with Gasteiger partial charge in [-0.15, -0.1) is 0 Å². The molecule has 0 heterocycles. The maximum absolute atomic E-state index is 12.9. The van der Waals surface area contributed by atoms with Gasteiger partial charge >= 0.3 is 0 Å². The van der Waals surface area contributed by atoms with Crippen LogP contribution >= 0.6 is 0 Å². The maximum Gasteiger partial charge on any atom is 0.242 e. The molecule has 0 radical (unpaired) electrons. The lowest BCUT2D eigenvalue weighted by Crippen LogP contribution is -2.38. The van der Waals surface area contributed by atoms with Gasteiger partial charge in [0.15, 0.2) is 0 Å². The second kappa shape index (κ2) is 8.15. The zero-order valence-electron chi connectivity index (χ0n) is 15.4. The van der Waals surface area contributed by atoms with Crippen LogP contribution < -0.4 is 10.6 Å². The van der Waals surface area contributed by atoms with Crippen LogP contribution in [0.1, 0.15) is 38.8 Å². The molecular formula is C21H27FN2O. The van der Waals surface area contributed by atoms with Crippen molar-refractivity contribution in [2.24, 2.45) is 0 Å². The minimum absolute atomic E-state index is 0.0537. The summed E-state index contributed by atoms with van der Waals surface area (Å²) in [5, 5.41) is 6.12. The molecular weight excluding hydrogens is 315 g/mol. The predicted molar refractivity (Wildman–Crippen MR) is 101 cm³/mol. The summed E-state index contributed by atoms with van der Waals surface area (Å²) in [6.45, 7) is 8.89. The van der Waals surface area contributed by atoms with Crippen LogP contribution in [0.25, 0.3) is 0 Å². The molecule has 0 saturated carbocycles. The van der Waals surface area contributed by atoms with Crippen molar-refractivity contribution in [3.8, 4) is 0 Å². The molecule has 1 atom stereocenters. The quantitative estimate of drug-likeness (QED) is 0.822. The summed E-state index contributed by atoms with van der Waals surface area (Å²) in [7, 11) is 0. The molecule has 0 saturated heterocycles. The average molecular weight is 342 g/mol. The van der Waals surface area contributed by atoms with Gasteiger partial charge in [0.25, 0.3) is 0 Å². The molecule has 0 bridgehead atoms. The molecule has 0 fully saturated rings. The lowest BCUT2D eigenvalue weighted by atomic mass is 9.87. The number of anilines is 1. The number of benzene rings is 2. The van der Waals surface area contributed by atoms with Crippen molar-refractivity contribution in [2.45, 2.75) is 45.6 Å². The van der Waals surface area contributed by atoms with E-state index in [9.17, 15) is 9.18 Å². The number of carbonyl (C=O) groups is 1. The van der Waals surface area contributed by atoms with Gasteiger partial charge in [0.2, 0.25) is 5.91 Å². The van der Waals surface area contributed by atoms with Crippen molar-refractivity contribution in [3.05, 3.63) is 65.5 Å². The number of amides is 1. The maximum atomic E-state index is 12.9. The van der Waals surface area contributed by atoms with E-state index in [2.05, 4.69) is 43.5 Å². The van der Waals surface area contributed by atoms with Crippen LogP contribution in [0, 0.1) is 5.82 Å². The second-order valence-electron chi connectivity index (χ2n) is 7.36. The number of halogens is 1. The molecule has 0 spiro atoms. The minimum Gasteiger partial charge on any atom is -0.374 e. The van der Waals surface area contributed by atoms with Gasteiger partial charge in [-0.1, -0.05) is 45.0 Å². The van der Waals surface area contributed by atoms with E-state index in [1.165, 1.54) is 17.7 Å². The van der Waals surface area contributed by atoms with Gasteiger partial charge in [0.05, 0.1) is 0 Å². The highest BCUT2D eigenvalue weighted by Gasteiger charge is 2.15. The summed E-state index contributed by atoms with van der Waals surface area (Å²) in [6.07, 6.45) is 0.680.